The van der Waals surface area contributed by atoms with Crippen LogP contribution in [-0.2, 0) is 0 Å². The summed E-state index contributed by atoms with van der Waals surface area (Å²) >= 11 is 0. The van der Waals surface area contributed by atoms with Crippen LogP contribution in [0.2, 0.25) is 0 Å². The highest BCUT2D eigenvalue weighted by Crippen LogP contribution is 2.14. The zero-order chi connectivity index (χ0) is 8.04. The van der Waals surface area contributed by atoms with E-state index in [2.05, 4.69) is 5.18 Å². The summed E-state index contributed by atoms with van der Waals surface area (Å²) in [7, 11) is 0. The maximum Gasteiger partial charge on any atom is 0.0933 e. The van der Waals surface area contributed by atoms with E-state index in [4.69, 9.17) is 15.3 Å². The lowest BCUT2D eigenvalue weighted by Gasteiger charge is -2.22. The van der Waals surface area contributed by atoms with Crippen molar-refractivity contribution in [3.8, 4) is 0 Å². The predicted molar refractivity (Wildman–Crippen MR) is 34.4 cm³/mol. The van der Waals surface area contributed by atoms with Gasteiger partial charge in [-0.15, -0.1) is 0 Å². The molecule has 0 aromatic heterocycles. The second-order valence-electron chi connectivity index (χ2n) is 2.26. The Labute approximate surface area is 58.3 Å². The minimum atomic E-state index is -1.14. The summed E-state index contributed by atoms with van der Waals surface area (Å²) in [4.78, 5) is 9.71. The van der Waals surface area contributed by atoms with Gasteiger partial charge in [-0.25, -0.2) is 0 Å². The molecule has 5 nitrogen and oxygen atoms in total. The molecule has 0 saturated heterocycles. The Kier molecular flexibility index (Phi) is 4.10. The van der Waals surface area contributed by atoms with E-state index in [1.54, 1.807) is 0 Å². The first-order valence-electron chi connectivity index (χ1n) is 2.86. The van der Waals surface area contributed by atoms with Crippen LogP contribution in [0.3, 0.4) is 0 Å². The summed E-state index contributed by atoms with van der Waals surface area (Å²) in [5.74, 6) is 0. The van der Waals surface area contributed by atoms with E-state index in [1.165, 1.54) is 0 Å². The first-order chi connectivity index (χ1) is 4.74. The van der Waals surface area contributed by atoms with Gasteiger partial charge in [0.15, 0.2) is 0 Å². The number of nitroso groups, excluding NO2 is 1. The Bertz CT molecular complexity index is 93.6. The molecule has 0 rings (SSSR count). The number of aliphatic hydroxyl groups excluding tert-OH is 3. The largest absolute Gasteiger partial charge is 0.396 e. The van der Waals surface area contributed by atoms with Crippen molar-refractivity contribution < 1.29 is 15.3 Å². The molecule has 5 heteroatoms. The average Bonchev–Trinajstić information content (AvgIpc) is 2.01. The predicted octanol–water partition coefficient (Wildman–Crippen LogP) is -1.28. The van der Waals surface area contributed by atoms with Crippen molar-refractivity contribution >= 4 is 0 Å². The van der Waals surface area contributed by atoms with Crippen molar-refractivity contribution in [2.45, 2.75) is 0 Å². The molecule has 0 saturated carbocycles. The van der Waals surface area contributed by atoms with Crippen molar-refractivity contribution in [2.24, 2.45) is 10.6 Å². The van der Waals surface area contributed by atoms with Crippen molar-refractivity contribution in [3.63, 3.8) is 0 Å². The number of hydrogen-bond acceptors (Lipinski definition) is 5. The van der Waals surface area contributed by atoms with E-state index in [9.17, 15) is 4.91 Å². The van der Waals surface area contributed by atoms with E-state index in [-0.39, 0.29) is 6.54 Å². The highest BCUT2D eigenvalue weighted by Gasteiger charge is 2.28. The molecule has 10 heavy (non-hydrogen) atoms. The monoisotopic (exact) mass is 149 g/mol. The van der Waals surface area contributed by atoms with Crippen LogP contribution >= 0.6 is 0 Å². The highest BCUT2D eigenvalue weighted by molar-refractivity contribution is 4.78. The minimum absolute atomic E-state index is 0.267. The number of nitrogens with zero attached hydrogens (tertiary/aromatic N) is 1. The molecule has 0 amide bonds. The zero-order valence-corrected chi connectivity index (χ0v) is 5.53. The molecular weight excluding hydrogens is 138 g/mol. The molecule has 0 aromatic rings. The van der Waals surface area contributed by atoms with Crippen LogP contribution in [0.4, 0.5) is 0 Å². The Morgan fingerprint density at radius 3 is 1.60 bits per heavy atom. The average molecular weight is 149 g/mol. The topological polar surface area (TPSA) is 90.1 Å². The lowest BCUT2D eigenvalue weighted by Crippen LogP contribution is -2.36. The molecule has 60 valence electrons. The molecule has 0 aliphatic rings. The van der Waals surface area contributed by atoms with E-state index in [1.807, 2.05) is 0 Å². The van der Waals surface area contributed by atoms with Crippen LogP contribution in [0.15, 0.2) is 5.18 Å². The summed E-state index contributed by atoms with van der Waals surface area (Å²) in [6, 6.07) is 0. The lowest BCUT2D eigenvalue weighted by molar-refractivity contribution is 0.0128. The maximum absolute atomic E-state index is 9.71. The van der Waals surface area contributed by atoms with Gasteiger partial charge in [-0.1, -0.05) is 5.18 Å². The fourth-order valence-corrected chi connectivity index (χ4v) is 0.437. The zero-order valence-electron chi connectivity index (χ0n) is 5.53. The van der Waals surface area contributed by atoms with Crippen molar-refractivity contribution in [2.75, 3.05) is 26.4 Å². The van der Waals surface area contributed by atoms with E-state index in [0.717, 1.165) is 0 Å². The Hall–Kier alpha value is -0.520. The first-order valence-corrected chi connectivity index (χ1v) is 2.86. The molecule has 0 unspecified atom stereocenters. The molecule has 0 heterocycles. The molecule has 0 radical (unpaired) electrons. The number of aliphatic hydroxyl groups is 3. The molecule has 0 fully saturated rings. The number of hydrogen-bond donors (Lipinski definition) is 3. The molecule has 0 aromatic carbocycles. The Morgan fingerprint density at radius 2 is 1.50 bits per heavy atom. The van der Waals surface area contributed by atoms with Gasteiger partial charge in [0.05, 0.1) is 31.8 Å². The van der Waals surface area contributed by atoms with Crippen LogP contribution in [0.5, 0.6) is 0 Å². The van der Waals surface area contributed by atoms with Gasteiger partial charge in [0.2, 0.25) is 0 Å². The Balaban J connectivity index is 4.00. The number of rotatable bonds is 5. The third-order valence-corrected chi connectivity index (χ3v) is 1.41. The SMILES string of the molecule is O=NCC(CO)(CO)CO. The molecule has 0 aliphatic heterocycles. The fraction of sp³-hybridized carbons (Fsp3) is 1.00. The highest BCUT2D eigenvalue weighted by atomic mass is 16.3. The normalized spacial score (nSPS) is 11.5. The van der Waals surface area contributed by atoms with Gasteiger partial charge < -0.3 is 15.3 Å². The second-order valence-corrected chi connectivity index (χ2v) is 2.26. The fourth-order valence-electron chi connectivity index (χ4n) is 0.437. The van der Waals surface area contributed by atoms with Crippen LogP contribution < -0.4 is 0 Å². The van der Waals surface area contributed by atoms with Crippen molar-refractivity contribution in [1.82, 2.24) is 0 Å². The molecule has 0 bridgehead atoms. The summed E-state index contributed by atoms with van der Waals surface area (Å²) in [6.45, 7) is -1.58. The smallest absolute Gasteiger partial charge is 0.0933 e. The van der Waals surface area contributed by atoms with E-state index in [0.29, 0.717) is 0 Å². The lowest BCUT2D eigenvalue weighted by atomic mass is 9.92. The van der Waals surface area contributed by atoms with Gasteiger partial charge >= 0.3 is 0 Å². The van der Waals surface area contributed by atoms with E-state index >= 15 is 0 Å². The maximum atomic E-state index is 9.71. The summed E-state index contributed by atoms with van der Waals surface area (Å²) in [5.41, 5.74) is -1.14. The molecular formula is C5H11NO4. The van der Waals surface area contributed by atoms with Crippen LogP contribution in [0.25, 0.3) is 0 Å². The third kappa shape index (κ3) is 2.02. The van der Waals surface area contributed by atoms with E-state index < -0.39 is 25.2 Å². The van der Waals surface area contributed by atoms with Crippen LogP contribution in [0.1, 0.15) is 0 Å². The minimum Gasteiger partial charge on any atom is -0.396 e. The molecule has 0 atom stereocenters. The quantitative estimate of drug-likeness (QED) is 0.424. The standard InChI is InChI=1S/C5H11NO4/c7-2-5(3-8,4-9)1-6-10/h7-9H,1-4H2. The van der Waals surface area contributed by atoms with Gasteiger partial charge in [0, 0.05) is 0 Å². The van der Waals surface area contributed by atoms with Gasteiger partial charge in [-0.2, -0.15) is 4.91 Å². The second kappa shape index (κ2) is 4.32. The molecule has 3 N–H and O–H groups in total. The van der Waals surface area contributed by atoms with Gasteiger partial charge in [0.1, 0.15) is 0 Å². The van der Waals surface area contributed by atoms with Gasteiger partial charge in [-0.05, 0) is 0 Å². The molecule has 0 spiro atoms. The van der Waals surface area contributed by atoms with Crippen LogP contribution in [0, 0.1) is 10.3 Å². The summed E-state index contributed by atoms with van der Waals surface area (Å²) in [5, 5.41) is 28.3. The van der Waals surface area contributed by atoms with Gasteiger partial charge in [0.25, 0.3) is 0 Å². The van der Waals surface area contributed by atoms with Crippen LogP contribution in [-0.4, -0.2) is 41.7 Å². The summed E-state index contributed by atoms with van der Waals surface area (Å²) < 4.78 is 0. The van der Waals surface area contributed by atoms with Crippen molar-refractivity contribution in [1.29, 1.82) is 0 Å². The van der Waals surface area contributed by atoms with Crippen molar-refractivity contribution in [3.05, 3.63) is 4.91 Å². The Morgan fingerprint density at radius 1 is 1.10 bits per heavy atom. The third-order valence-electron chi connectivity index (χ3n) is 1.41. The molecule has 0 aliphatic carbocycles. The van der Waals surface area contributed by atoms with Gasteiger partial charge in [-0.3, -0.25) is 0 Å². The first kappa shape index (κ1) is 9.48. The summed E-state index contributed by atoms with van der Waals surface area (Å²) in [6.07, 6.45) is 0.